The van der Waals surface area contributed by atoms with Crippen LogP contribution in [0.25, 0.3) is 0 Å². The van der Waals surface area contributed by atoms with Crippen LogP contribution in [-0.2, 0) is 27.1 Å². The van der Waals surface area contributed by atoms with Crippen molar-refractivity contribution >= 4 is 6.29 Å². The van der Waals surface area contributed by atoms with Crippen LogP contribution in [0.3, 0.4) is 0 Å². The Bertz CT molecular complexity index is 1800. The highest BCUT2D eigenvalue weighted by atomic mass is 16.5. The summed E-state index contributed by atoms with van der Waals surface area (Å²) in [4.78, 5) is 12.4. The molecular formula is C51H74N2O7. The molecule has 6 bridgehead atoms. The minimum Gasteiger partial charge on any atom is -0.396 e. The van der Waals surface area contributed by atoms with Crippen LogP contribution < -0.4 is 10.6 Å². The van der Waals surface area contributed by atoms with Crippen molar-refractivity contribution in [1.29, 1.82) is 0 Å². The summed E-state index contributed by atoms with van der Waals surface area (Å²) in [5.41, 5.74) is 5.47. The fraction of sp³-hybridized carbons (Fsp3) is 0.627. The lowest BCUT2D eigenvalue weighted by Gasteiger charge is -2.61. The molecule has 1 aromatic carbocycles. The third-order valence-electron chi connectivity index (χ3n) is 15.1. The predicted molar refractivity (Wildman–Crippen MR) is 239 cm³/mol. The Kier molecular flexibility index (Phi) is 16.2. The number of aldehydes is 1. The average Bonchev–Trinajstić information content (AvgIpc) is 3.59. The normalized spacial score (nSPS) is 35.2. The van der Waals surface area contributed by atoms with Crippen molar-refractivity contribution in [3.63, 3.8) is 0 Å². The summed E-state index contributed by atoms with van der Waals surface area (Å²) in [6.45, 7) is 11.3. The molecule has 2 saturated carbocycles. The van der Waals surface area contributed by atoms with E-state index in [2.05, 4.69) is 78.3 Å². The van der Waals surface area contributed by atoms with Gasteiger partial charge in [0.2, 0.25) is 0 Å². The van der Waals surface area contributed by atoms with E-state index < -0.39 is 17.1 Å². The number of allylic oxidation sites excluding steroid dienone is 9. The molecular weight excluding hydrogens is 753 g/mol. The number of benzene rings is 1. The number of fused-ring (bicyclic) bond motifs is 6. The van der Waals surface area contributed by atoms with Crippen molar-refractivity contribution in [1.82, 2.24) is 10.6 Å². The van der Waals surface area contributed by atoms with E-state index in [1.54, 1.807) is 7.11 Å². The van der Waals surface area contributed by atoms with Gasteiger partial charge in [-0.1, -0.05) is 84.0 Å². The third-order valence-corrected chi connectivity index (χ3v) is 15.1. The smallest absolute Gasteiger partial charge is 0.145 e. The van der Waals surface area contributed by atoms with Crippen LogP contribution in [0.5, 0.6) is 0 Å². The van der Waals surface area contributed by atoms with Gasteiger partial charge in [0, 0.05) is 49.7 Å². The van der Waals surface area contributed by atoms with E-state index in [1.165, 1.54) is 16.7 Å². The van der Waals surface area contributed by atoms with Crippen molar-refractivity contribution in [2.75, 3.05) is 60.3 Å². The fourth-order valence-corrected chi connectivity index (χ4v) is 12.1. The van der Waals surface area contributed by atoms with Crippen LogP contribution in [0.15, 0.2) is 95.2 Å². The van der Waals surface area contributed by atoms with Crippen molar-refractivity contribution in [3.8, 4) is 0 Å². The van der Waals surface area contributed by atoms with Gasteiger partial charge in [-0.15, -0.1) is 0 Å². The lowest BCUT2D eigenvalue weighted by Crippen LogP contribution is -2.65. The molecule has 0 unspecified atom stereocenters. The van der Waals surface area contributed by atoms with Gasteiger partial charge in [-0.2, -0.15) is 0 Å². The van der Waals surface area contributed by atoms with Crippen LogP contribution in [0, 0.1) is 40.9 Å². The first-order valence-electron chi connectivity index (χ1n) is 22.7. The number of methoxy groups -OCH3 is 1. The Balaban J connectivity index is 1.33. The first-order valence-corrected chi connectivity index (χ1v) is 22.7. The highest BCUT2D eigenvalue weighted by Gasteiger charge is 2.68. The van der Waals surface area contributed by atoms with Crippen LogP contribution >= 0.6 is 0 Å². The first-order chi connectivity index (χ1) is 29.0. The summed E-state index contributed by atoms with van der Waals surface area (Å²) < 4.78 is 11.5. The Morgan fingerprint density at radius 3 is 2.67 bits per heavy atom. The summed E-state index contributed by atoms with van der Waals surface area (Å²) in [5.74, 6) is -0.320. The molecule has 6 N–H and O–H groups in total. The highest BCUT2D eigenvalue weighted by Crippen LogP contribution is 2.67. The van der Waals surface area contributed by atoms with E-state index in [0.29, 0.717) is 56.7 Å². The molecule has 9 heteroatoms. The molecule has 1 spiro atoms. The second-order valence-electron chi connectivity index (χ2n) is 18.9. The number of rotatable bonds is 17. The van der Waals surface area contributed by atoms with Gasteiger partial charge in [-0.3, -0.25) is 4.79 Å². The molecule has 0 saturated heterocycles. The van der Waals surface area contributed by atoms with Gasteiger partial charge < -0.3 is 40.5 Å². The summed E-state index contributed by atoms with van der Waals surface area (Å²) in [5, 5.41) is 53.0. The Hall–Kier alpha value is -2.99. The van der Waals surface area contributed by atoms with Crippen LogP contribution in [0.4, 0.5) is 0 Å². The molecule has 6 rings (SSSR count). The molecule has 10 atom stereocenters. The van der Waals surface area contributed by atoms with Crippen LogP contribution in [0.2, 0.25) is 0 Å². The van der Waals surface area contributed by atoms with E-state index in [-0.39, 0.29) is 61.6 Å². The number of hydrogen-bond acceptors (Lipinski definition) is 9. The minimum atomic E-state index is -1.22. The maximum absolute atomic E-state index is 13.0. The second kappa shape index (κ2) is 20.9. The molecule has 330 valence electrons. The fourth-order valence-electron chi connectivity index (χ4n) is 12.1. The first kappa shape index (κ1) is 46.5. The van der Waals surface area contributed by atoms with Gasteiger partial charge >= 0.3 is 0 Å². The van der Waals surface area contributed by atoms with Gasteiger partial charge in [-0.25, -0.2) is 0 Å². The van der Waals surface area contributed by atoms with Gasteiger partial charge in [0.1, 0.15) is 6.29 Å². The topological polar surface area (TPSA) is 141 Å². The van der Waals surface area contributed by atoms with Crippen molar-refractivity contribution < 1.29 is 34.7 Å². The monoisotopic (exact) mass is 827 g/mol. The van der Waals surface area contributed by atoms with Crippen molar-refractivity contribution in [2.45, 2.75) is 102 Å². The Morgan fingerprint density at radius 1 is 1.10 bits per heavy atom. The predicted octanol–water partition coefficient (Wildman–Crippen LogP) is 6.38. The summed E-state index contributed by atoms with van der Waals surface area (Å²) in [6.07, 6.45) is 21.7. The van der Waals surface area contributed by atoms with E-state index >= 15 is 0 Å². The molecule has 0 radical (unpaired) electrons. The Labute approximate surface area is 359 Å². The summed E-state index contributed by atoms with van der Waals surface area (Å²) >= 11 is 0. The number of aliphatic hydroxyl groups is 4. The number of ether oxygens (including phenoxy) is 2. The van der Waals surface area contributed by atoms with E-state index in [4.69, 9.17) is 16.1 Å². The number of carbonyl (C=O) groups excluding carboxylic acids is 1. The largest absolute Gasteiger partial charge is 0.396 e. The molecule has 9 nitrogen and oxygen atoms in total. The maximum Gasteiger partial charge on any atom is 0.145 e. The molecule has 60 heavy (non-hydrogen) atoms. The van der Waals surface area contributed by atoms with E-state index in [9.17, 15) is 25.2 Å². The third kappa shape index (κ3) is 9.95. The molecule has 1 aliphatic heterocycles. The molecule has 0 aromatic heterocycles. The quantitative estimate of drug-likeness (QED) is 0.0348. The SMILES string of the molecule is C=C(/C=C/C=C(/COCCO)[C@@H]1CC[C@]2([C@@H]1O)[C@@H]1C(=C(C)C=O)[C@@H](C=C[C@H]1CCO)C[C@]2(O)CCNC)[C@@H]1Cc2cccc(c2)C[C@@](C)(CCOC)NCC2=C[C@@H]1CCC2. The molecule has 4 aliphatic carbocycles. The second-order valence-corrected chi connectivity index (χ2v) is 18.9. The van der Waals surface area contributed by atoms with Crippen LogP contribution in [0.1, 0.15) is 82.8 Å². The summed E-state index contributed by atoms with van der Waals surface area (Å²) in [6, 6.07) is 9.04. The molecule has 5 aliphatic rings. The Morgan fingerprint density at radius 2 is 1.92 bits per heavy atom. The van der Waals surface area contributed by atoms with Gasteiger partial charge in [0.05, 0.1) is 31.5 Å². The van der Waals surface area contributed by atoms with E-state index in [1.807, 2.05) is 14.0 Å². The molecule has 2 fully saturated rings. The van der Waals surface area contributed by atoms with Crippen LogP contribution in [-0.4, -0.2) is 104 Å². The standard InChI is InChI=1S/C51H74N2O7/c1-35(45-29-37-10-7-11-38(27-37)30-49(3,21-25-59-5)53-32-39-12-8-13-41(45)28-39)9-6-14-43(34-60-26-24-55)44-17-19-51(48(44)57)47-40(18-23-54)15-16-42(46(47)36(2)33-56)31-50(51,58)20-22-52-4/h6-7,9-11,14-16,27-28,33,40-42,44-45,47-48,52-55,57-58H,1,8,12-13,17-26,29-32,34H2,2-5H3/b9-6+,43-14-,46-36?/t40-,41-,42-,44-,45-,47-,48+,49+,50+,51+/m0/s1. The minimum absolute atomic E-state index is 0.0292. The zero-order chi connectivity index (χ0) is 42.9. The van der Waals surface area contributed by atoms with Gasteiger partial charge in [-0.05, 0) is 144 Å². The zero-order valence-corrected chi connectivity index (χ0v) is 36.8. The number of nitrogens with one attached hydrogen (secondary N) is 2. The number of hydrogen-bond donors (Lipinski definition) is 6. The average molecular weight is 827 g/mol. The number of carbonyl (C=O) groups is 1. The lowest BCUT2D eigenvalue weighted by atomic mass is 9.45. The highest BCUT2D eigenvalue weighted by molar-refractivity contribution is 5.74. The number of aliphatic hydroxyl groups excluding tert-OH is 3. The maximum atomic E-state index is 13.0. The molecule has 1 heterocycles. The lowest BCUT2D eigenvalue weighted by molar-refractivity contribution is -0.194. The van der Waals surface area contributed by atoms with E-state index in [0.717, 1.165) is 68.1 Å². The van der Waals surface area contributed by atoms with Gasteiger partial charge in [0.25, 0.3) is 0 Å². The summed E-state index contributed by atoms with van der Waals surface area (Å²) in [7, 11) is 3.65. The molecule has 1 aromatic rings. The van der Waals surface area contributed by atoms with Gasteiger partial charge in [0.15, 0.2) is 0 Å². The zero-order valence-electron chi connectivity index (χ0n) is 36.8. The van der Waals surface area contributed by atoms with Crippen molar-refractivity contribution in [3.05, 3.63) is 106 Å². The van der Waals surface area contributed by atoms with Crippen molar-refractivity contribution in [2.24, 2.45) is 40.9 Å². The molecule has 0 amide bonds.